The van der Waals surface area contributed by atoms with Crippen molar-refractivity contribution in [2.45, 2.75) is 38.7 Å². The van der Waals surface area contributed by atoms with E-state index in [1.165, 1.54) is 69.4 Å². The van der Waals surface area contributed by atoms with Crippen LogP contribution in [0.3, 0.4) is 0 Å². The van der Waals surface area contributed by atoms with Gasteiger partial charge in [-0.25, -0.2) is 13.8 Å². The third kappa shape index (κ3) is 5.37. The monoisotopic (exact) mass is 553 g/mol. The molecule has 0 unspecified atom stereocenters. The molecule has 4 rings (SSSR count). The maximum absolute atomic E-state index is 14.4. The fraction of sp³-hybridized carbons (Fsp3) is 0.240. The second-order valence-corrected chi connectivity index (χ2v) is 10.4. The summed E-state index contributed by atoms with van der Waals surface area (Å²) in [5.41, 5.74) is -1.48. The molecule has 4 aromatic heterocycles. The van der Waals surface area contributed by atoms with Crippen LogP contribution in [0.15, 0.2) is 52.6 Å². The van der Waals surface area contributed by atoms with Gasteiger partial charge in [0.15, 0.2) is 15.7 Å². The number of ether oxygens (including phenoxy) is 1. The van der Waals surface area contributed by atoms with Crippen molar-refractivity contribution in [2.75, 3.05) is 0 Å². The Balaban J connectivity index is 1.81. The fourth-order valence-electron chi connectivity index (χ4n) is 4.12. The van der Waals surface area contributed by atoms with Crippen LogP contribution in [0.25, 0.3) is 11.5 Å². The number of aromatic nitrogens is 5. The molecule has 4 heterocycles. The first kappa shape index (κ1) is 28.2. The summed E-state index contributed by atoms with van der Waals surface area (Å²) in [5.74, 6) is -1.56. The van der Waals surface area contributed by atoms with E-state index in [1.54, 1.807) is 13.8 Å². The summed E-state index contributed by atoms with van der Waals surface area (Å²) >= 11 is 6.44. The largest absolute Gasteiger partial charge is 0.498 e. The minimum atomic E-state index is -1.48. The van der Waals surface area contributed by atoms with Gasteiger partial charge in [0.2, 0.25) is 0 Å². The maximum atomic E-state index is 14.4. The van der Waals surface area contributed by atoms with E-state index >= 15 is 0 Å². The summed E-state index contributed by atoms with van der Waals surface area (Å²) in [6.07, 6.45) is 5.15. The average Bonchev–Trinajstić information content (AvgIpc) is 2.82. The summed E-state index contributed by atoms with van der Waals surface area (Å²) in [4.78, 5) is 38.6. The van der Waals surface area contributed by atoms with Crippen molar-refractivity contribution >= 4 is 27.3 Å². The molecule has 9 nitrogen and oxygen atoms in total. The highest BCUT2D eigenvalue weighted by Gasteiger charge is 2.30. The summed E-state index contributed by atoms with van der Waals surface area (Å²) in [5, 5.41) is 8.64. The number of aryl methyl sites for hydroxylation is 2. The first-order valence-electron chi connectivity index (χ1n) is 11.8. The molecular weight excluding hydrogens is 529 g/mol. The van der Waals surface area contributed by atoms with E-state index in [9.17, 15) is 23.5 Å². The second-order valence-electron chi connectivity index (χ2n) is 10.0. The number of pyridine rings is 3. The Hall–Kier alpha value is -3.83. The molecule has 1 N–H and O–H groups in total. The van der Waals surface area contributed by atoms with E-state index in [2.05, 4.69) is 15.0 Å². The van der Waals surface area contributed by atoms with Crippen molar-refractivity contribution in [2.24, 2.45) is 0 Å². The van der Waals surface area contributed by atoms with Crippen LogP contribution in [-0.4, -0.2) is 44.9 Å². The van der Waals surface area contributed by atoms with E-state index in [0.717, 1.165) is 6.20 Å². The summed E-state index contributed by atoms with van der Waals surface area (Å²) in [7, 11) is 3.03. The molecule has 200 valence electrons. The number of hydrogen-bond donors (Lipinski definition) is 1. The Bertz CT molecular complexity index is 1720. The molecule has 0 radical (unpaired) electrons. The minimum absolute atomic E-state index is 0.0157. The van der Waals surface area contributed by atoms with Crippen molar-refractivity contribution in [3.63, 3.8) is 0 Å². The van der Waals surface area contributed by atoms with Crippen LogP contribution in [0.1, 0.15) is 36.5 Å². The second kappa shape index (κ2) is 10.0. The van der Waals surface area contributed by atoms with Gasteiger partial charge in [-0.2, -0.15) is 0 Å². The number of hydrogen-bond acceptors (Lipinski definition) is 7. The zero-order valence-corrected chi connectivity index (χ0v) is 22.8. The van der Waals surface area contributed by atoms with Crippen LogP contribution in [-0.2, 0) is 11.0 Å². The topological polar surface area (TPSA) is 112 Å². The van der Waals surface area contributed by atoms with Crippen LogP contribution in [0.4, 0.5) is 8.78 Å². The number of aliphatic hydroxyl groups is 1. The van der Waals surface area contributed by atoms with Gasteiger partial charge in [-0.1, -0.05) is 11.6 Å². The van der Waals surface area contributed by atoms with Gasteiger partial charge in [-0.15, -0.1) is 0 Å². The molecule has 0 spiro atoms. The highest BCUT2D eigenvalue weighted by molar-refractivity contribution is 6.39. The lowest BCUT2D eigenvalue weighted by Gasteiger charge is -2.28. The Labute approximate surface area is 228 Å². The fourth-order valence-corrected chi connectivity index (χ4v) is 4.30. The summed E-state index contributed by atoms with van der Waals surface area (Å²) < 4.78 is 36.2. The van der Waals surface area contributed by atoms with Gasteiger partial charge in [-0.05, 0) is 33.3 Å². The summed E-state index contributed by atoms with van der Waals surface area (Å²) in [6.45, 7) is 6.29. The van der Waals surface area contributed by atoms with Gasteiger partial charge < -0.3 is 9.84 Å². The van der Waals surface area contributed by atoms with Crippen LogP contribution >= 0.6 is 11.6 Å². The molecule has 4 aromatic rings. The van der Waals surface area contributed by atoms with Gasteiger partial charge in [-0.3, -0.25) is 28.7 Å². The van der Waals surface area contributed by atoms with Crippen molar-refractivity contribution in [1.29, 1.82) is 0 Å². The van der Waals surface area contributed by atoms with Crippen molar-refractivity contribution in [3.05, 3.63) is 103 Å². The highest BCUT2D eigenvalue weighted by atomic mass is 35.5. The van der Waals surface area contributed by atoms with Gasteiger partial charge in [0, 0.05) is 42.5 Å². The molecule has 0 amide bonds. The van der Waals surface area contributed by atoms with E-state index < -0.39 is 33.8 Å². The normalized spacial score (nSPS) is 12.0. The first-order valence-corrected chi connectivity index (χ1v) is 12.2. The molecule has 0 bridgehead atoms. The molecule has 0 atom stereocenters. The van der Waals surface area contributed by atoms with Gasteiger partial charge in [0.1, 0.15) is 45.2 Å². The molecular formula is C25H24B2ClF2N5O4. The molecule has 0 fully saturated rings. The van der Waals surface area contributed by atoms with E-state index in [4.69, 9.17) is 16.3 Å². The smallest absolute Gasteiger partial charge is 0.280 e. The average molecular weight is 554 g/mol. The predicted molar refractivity (Wildman–Crippen MR) is 147 cm³/mol. The van der Waals surface area contributed by atoms with Crippen LogP contribution in [0, 0.1) is 25.5 Å². The maximum Gasteiger partial charge on any atom is 0.280 e. The standard InChI is InChI=1S/C25H24B2ClF2N5O4/c1-12-10-32-18(34-6-5-31-21(23(34)37)24(3,4)38)9-16(12)35-13(2)7-17(19(28)22(35)36)39-25(26,27)20-15(30)8-14(29)11-33-20/h5-11,38H,26-27H2,1-4H3. The first-order chi connectivity index (χ1) is 18.1. The molecule has 0 saturated carbocycles. The quantitative estimate of drug-likeness (QED) is 0.360. The molecule has 39 heavy (non-hydrogen) atoms. The van der Waals surface area contributed by atoms with Crippen LogP contribution in [0.2, 0.25) is 5.02 Å². The van der Waals surface area contributed by atoms with E-state index in [0.29, 0.717) is 23.0 Å². The van der Waals surface area contributed by atoms with Gasteiger partial charge >= 0.3 is 0 Å². The van der Waals surface area contributed by atoms with E-state index in [-0.39, 0.29) is 28.0 Å². The van der Waals surface area contributed by atoms with Crippen molar-refractivity contribution < 1.29 is 18.6 Å². The summed E-state index contributed by atoms with van der Waals surface area (Å²) in [6, 6.07) is 3.75. The zero-order chi connectivity index (χ0) is 28.9. The SMILES string of the molecule is BC(B)(Oc1cc(C)n(-c2cc(-n3ccnc(C(C)(C)O)c3=O)ncc2C)c(=O)c1Cl)c1ncc(F)cc1F. The minimum Gasteiger partial charge on any atom is -0.498 e. The van der Waals surface area contributed by atoms with Crippen LogP contribution in [0.5, 0.6) is 5.75 Å². The highest BCUT2D eigenvalue weighted by Crippen LogP contribution is 2.30. The molecule has 0 saturated heterocycles. The number of halogens is 3. The molecule has 0 aliphatic carbocycles. The van der Waals surface area contributed by atoms with Gasteiger partial charge in [0.25, 0.3) is 11.1 Å². The molecule has 0 aliphatic heterocycles. The molecule has 0 aliphatic rings. The third-order valence-corrected chi connectivity index (χ3v) is 6.36. The molecule has 14 heteroatoms. The van der Waals surface area contributed by atoms with Crippen molar-refractivity contribution in [3.8, 4) is 17.3 Å². The third-order valence-electron chi connectivity index (χ3n) is 6.01. The Morgan fingerprint density at radius 1 is 1.00 bits per heavy atom. The van der Waals surface area contributed by atoms with Crippen LogP contribution < -0.4 is 15.9 Å². The predicted octanol–water partition coefficient (Wildman–Crippen LogP) is 1.40. The zero-order valence-electron chi connectivity index (χ0n) is 22.1. The Morgan fingerprint density at radius 2 is 1.69 bits per heavy atom. The molecule has 0 aromatic carbocycles. The Morgan fingerprint density at radius 3 is 2.33 bits per heavy atom. The lowest BCUT2D eigenvalue weighted by atomic mass is 9.62. The number of nitrogens with zero attached hydrogens (tertiary/aromatic N) is 5. The lowest BCUT2D eigenvalue weighted by molar-refractivity contribution is 0.0718. The van der Waals surface area contributed by atoms with Gasteiger partial charge in [0.05, 0.1) is 17.3 Å². The number of rotatable bonds is 6. The van der Waals surface area contributed by atoms with Crippen molar-refractivity contribution in [1.82, 2.24) is 24.1 Å². The van der Waals surface area contributed by atoms with E-state index in [1.807, 2.05) is 0 Å². The lowest BCUT2D eigenvalue weighted by Crippen LogP contribution is -2.37. The Kier molecular flexibility index (Phi) is 7.26.